The van der Waals surface area contributed by atoms with E-state index in [4.69, 9.17) is 0 Å². The molecule has 3 aromatic rings. The number of likely N-dealkylation sites (tertiary alicyclic amines) is 1. The third-order valence-electron chi connectivity index (χ3n) is 5.88. The van der Waals surface area contributed by atoms with Gasteiger partial charge >= 0.3 is 0 Å². The Kier molecular flexibility index (Phi) is 5.57. The molecule has 1 N–H and O–H groups in total. The van der Waals surface area contributed by atoms with Crippen LogP contribution in [0.2, 0.25) is 0 Å². The molecular weight excluding hydrogens is 382 g/mol. The number of aromatic nitrogens is 3. The van der Waals surface area contributed by atoms with Gasteiger partial charge in [-0.25, -0.2) is 4.68 Å². The Hall–Kier alpha value is -3.16. The van der Waals surface area contributed by atoms with E-state index < -0.39 is 6.04 Å². The second-order valence-corrected chi connectivity index (χ2v) is 7.78. The lowest BCUT2D eigenvalue weighted by molar-refractivity contribution is -0.127. The summed E-state index contributed by atoms with van der Waals surface area (Å²) < 4.78 is 3.16. The van der Waals surface area contributed by atoms with E-state index in [1.165, 1.54) is 4.68 Å². The normalized spacial score (nSPS) is 15.3. The molecule has 4 rings (SSSR count). The maximum absolute atomic E-state index is 13.1. The maximum Gasteiger partial charge on any atom is 0.291 e. The molecule has 1 saturated heterocycles. The van der Waals surface area contributed by atoms with Crippen LogP contribution in [-0.2, 0) is 16.6 Å². The number of aryl methyl sites for hydroxylation is 1. The molecule has 0 saturated carbocycles. The summed E-state index contributed by atoms with van der Waals surface area (Å²) in [6.07, 6.45) is 4.50. The Morgan fingerprint density at radius 1 is 1.23 bits per heavy atom. The number of carbonyl (C=O) groups excluding carboxylic acids is 2. The van der Waals surface area contributed by atoms with Crippen molar-refractivity contribution in [1.82, 2.24) is 24.6 Å². The number of nitrogens with one attached hydrogen (secondary N) is 1. The topological polar surface area (TPSA) is 89.2 Å². The maximum atomic E-state index is 13.1. The molecule has 1 aromatic carbocycles. The van der Waals surface area contributed by atoms with E-state index in [1.807, 2.05) is 40.7 Å². The van der Waals surface area contributed by atoms with Gasteiger partial charge in [0.15, 0.2) is 0 Å². The predicted molar refractivity (Wildman–Crippen MR) is 115 cm³/mol. The molecule has 1 unspecified atom stereocenters. The number of carbonyl (C=O) groups is 2. The van der Waals surface area contributed by atoms with Crippen LogP contribution in [0.25, 0.3) is 21.8 Å². The van der Waals surface area contributed by atoms with Crippen LogP contribution in [-0.4, -0.2) is 50.7 Å². The molecule has 0 spiro atoms. The summed E-state index contributed by atoms with van der Waals surface area (Å²) in [6.45, 7) is 3.91. The molecule has 1 fully saturated rings. The number of hydrogen-bond acceptors (Lipinski definition) is 4. The zero-order valence-electron chi connectivity index (χ0n) is 17.4. The molecular formula is C22H27N5O3. The van der Waals surface area contributed by atoms with Crippen LogP contribution >= 0.6 is 0 Å². The van der Waals surface area contributed by atoms with Gasteiger partial charge in [-0.2, -0.15) is 5.10 Å². The molecule has 0 bridgehead atoms. The molecule has 1 aliphatic rings. The van der Waals surface area contributed by atoms with Gasteiger partial charge in [0.05, 0.1) is 11.7 Å². The molecule has 1 aliphatic heterocycles. The molecule has 0 aliphatic carbocycles. The minimum absolute atomic E-state index is 0.119. The lowest BCUT2D eigenvalue weighted by Crippen LogP contribution is -2.35. The zero-order valence-corrected chi connectivity index (χ0v) is 17.4. The molecule has 0 radical (unpaired) electrons. The lowest BCUT2D eigenvalue weighted by Gasteiger charge is -2.20. The van der Waals surface area contributed by atoms with Gasteiger partial charge < -0.3 is 14.8 Å². The highest BCUT2D eigenvalue weighted by Gasteiger charge is 2.25. The first-order valence-corrected chi connectivity index (χ1v) is 10.5. The van der Waals surface area contributed by atoms with E-state index in [0.717, 1.165) is 29.3 Å². The van der Waals surface area contributed by atoms with Crippen LogP contribution in [0.1, 0.15) is 38.6 Å². The number of fused-ring (bicyclic) bond motifs is 3. The Labute approximate surface area is 174 Å². The number of para-hydroxylation sites is 1. The van der Waals surface area contributed by atoms with Crippen molar-refractivity contribution in [1.29, 1.82) is 0 Å². The average molecular weight is 409 g/mol. The minimum atomic E-state index is -0.504. The van der Waals surface area contributed by atoms with Crippen molar-refractivity contribution in [3.8, 4) is 0 Å². The molecule has 2 aromatic heterocycles. The van der Waals surface area contributed by atoms with Gasteiger partial charge in [-0.05, 0) is 25.3 Å². The number of amides is 2. The van der Waals surface area contributed by atoms with Crippen molar-refractivity contribution in [2.75, 3.05) is 19.6 Å². The monoisotopic (exact) mass is 409 g/mol. The van der Waals surface area contributed by atoms with Gasteiger partial charge in [0.1, 0.15) is 11.6 Å². The standard InChI is InChI=1S/C22H27N5O3/c1-3-17(21(29)23-11-7-13-26-12-6-10-19(26)28)27-18-9-5-4-8-15(18)16-14-24-25(2)22(30)20(16)27/h4-5,8-9,14,17H,3,6-7,10-13H2,1-2H3,(H,23,29). The fourth-order valence-electron chi connectivity index (χ4n) is 4.34. The molecule has 2 amide bonds. The summed E-state index contributed by atoms with van der Waals surface area (Å²) in [5.41, 5.74) is 1.13. The Balaban J connectivity index is 1.60. The van der Waals surface area contributed by atoms with Crippen molar-refractivity contribution in [3.63, 3.8) is 0 Å². The summed E-state index contributed by atoms with van der Waals surface area (Å²) in [4.78, 5) is 39.6. The van der Waals surface area contributed by atoms with E-state index in [-0.39, 0.29) is 17.4 Å². The van der Waals surface area contributed by atoms with Crippen LogP contribution < -0.4 is 10.9 Å². The molecule has 8 nitrogen and oxygen atoms in total. The van der Waals surface area contributed by atoms with Crippen molar-refractivity contribution in [2.45, 2.75) is 38.6 Å². The van der Waals surface area contributed by atoms with Gasteiger partial charge in [0.25, 0.3) is 5.56 Å². The Morgan fingerprint density at radius 3 is 2.77 bits per heavy atom. The second kappa shape index (κ2) is 8.30. The van der Waals surface area contributed by atoms with Crippen molar-refractivity contribution < 1.29 is 9.59 Å². The summed E-state index contributed by atoms with van der Waals surface area (Å²) in [7, 11) is 1.62. The van der Waals surface area contributed by atoms with Gasteiger partial charge in [0.2, 0.25) is 11.8 Å². The number of rotatable bonds is 7. The largest absolute Gasteiger partial charge is 0.354 e. The highest BCUT2D eigenvalue weighted by Crippen LogP contribution is 2.30. The third-order valence-corrected chi connectivity index (χ3v) is 5.88. The van der Waals surface area contributed by atoms with E-state index >= 15 is 0 Å². The highest BCUT2D eigenvalue weighted by molar-refractivity contribution is 6.08. The van der Waals surface area contributed by atoms with Crippen LogP contribution in [0.5, 0.6) is 0 Å². The van der Waals surface area contributed by atoms with Crippen LogP contribution in [0.15, 0.2) is 35.3 Å². The Morgan fingerprint density at radius 2 is 2.03 bits per heavy atom. The van der Waals surface area contributed by atoms with Crippen LogP contribution in [0.4, 0.5) is 0 Å². The van der Waals surface area contributed by atoms with Gasteiger partial charge in [0, 0.05) is 43.9 Å². The van der Waals surface area contributed by atoms with Crippen molar-refractivity contribution in [3.05, 3.63) is 40.8 Å². The first-order chi connectivity index (χ1) is 14.5. The van der Waals surface area contributed by atoms with Gasteiger partial charge in [-0.1, -0.05) is 25.1 Å². The fourth-order valence-corrected chi connectivity index (χ4v) is 4.34. The van der Waals surface area contributed by atoms with Crippen LogP contribution in [0, 0.1) is 0 Å². The summed E-state index contributed by atoms with van der Waals surface area (Å²) in [5.74, 6) is 0.0780. The smallest absolute Gasteiger partial charge is 0.291 e. The SMILES string of the molecule is CCC(C(=O)NCCCN1CCCC1=O)n1c2ccccc2c2cnn(C)c(=O)c21. The van der Waals surface area contributed by atoms with E-state index in [0.29, 0.717) is 37.9 Å². The first kappa shape index (κ1) is 20.1. The van der Waals surface area contributed by atoms with Gasteiger partial charge in [-0.3, -0.25) is 14.4 Å². The van der Waals surface area contributed by atoms with E-state index in [2.05, 4.69) is 10.4 Å². The van der Waals surface area contributed by atoms with Crippen LogP contribution in [0.3, 0.4) is 0 Å². The Bertz CT molecular complexity index is 1160. The fraction of sp³-hybridized carbons (Fsp3) is 0.455. The highest BCUT2D eigenvalue weighted by atomic mass is 16.2. The molecule has 1 atom stereocenters. The second-order valence-electron chi connectivity index (χ2n) is 7.78. The summed E-state index contributed by atoms with van der Waals surface area (Å²) >= 11 is 0. The summed E-state index contributed by atoms with van der Waals surface area (Å²) in [6, 6.07) is 7.21. The van der Waals surface area contributed by atoms with Gasteiger partial charge in [-0.15, -0.1) is 0 Å². The molecule has 30 heavy (non-hydrogen) atoms. The average Bonchev–Trinajstić information content (AvgIpc) is 3.30. The third kappa shape index (κ3) is 3.46. The molecule has 3 heterocycles. The van der Waals surface area contributed by atoms with Crippen molar-refractivity contribution >= 4 is 33.6 Å². The number of nitrogens with zero attached hydrogens (tertiary/aromatic N) is 4. The van der Waals surface area contributed by atoms with E-state index in [9.17, 15) is 14.4 Å². The van der Waals surface area contributed by atoms with Crippen molar-refractivity contribution in [2.24, 2.45) is 7.05 Å². The number of hydrogen-bond donors (Lipinski definition) is 1. The first-order valence-electron chi connectivity index (χ1n) is 10.5. The summed E-state index contributed by atoms with van der Waals surface area (Å²) in [5, 5.41) is 8.84. The molecule has 8 heteroatoms. The minimum Gasteiger partial charge on any atom is -0.354 e. The quantitative estimate of drug-likeness (QED) is 0.604. The predicted octanol–water partition coefficient (Wildman–Crippen LogP) is 1.97. The lowest BCUT2D eigenvalue weighted by atomic mass is 10.2. The van der Waals surface area contributed by atoms with E-state index in [1.54, 1.807) is 13.2 Å². The zero-order chi connectivity index (χ0) is 21.3. The number of benzene rings is 1. The molecule has 158 valence electrons.